The maximum absolute atomic E-state index is 10.7. The summed E-state index contributed by atoms with van der Waals surface area (Å²) in [4.78, 5) is 20.8. The van der Waals surface area contributed by atoms with E-state index in [0.717, 1.165) is 0 Å². The third-order valence-corrected chi connectivity index (χ3v) is 1.68. The first-order chi connectivity index (χ1) is 6.13. The van der Waals surface area contributed by atoms with E-state index >= 15 is 0 Å². The van der Waals surface area contributed by atoms with Crippen LogP contribution in [0.4, 0.5) is 11.4 Å². The van der Waals surface area contributed by atoms with Crippen LogP contribution in [0.3, 0.4) is 0 Å². The van der Waals surface area contributed by atoms with Crippen LogP contribution in [0.15, 0.2) is 23.4 Å². The van der Waals surface area contributed by atoms with Gasteiger partial charge in [-0.3, -0.25) is 4.79 Å². The van der Waals surface area contributed by atoms with Gasteiger partial charge in [-0.2, -0.15) is 0 Å². The fourth-order valence-electron chi connectivity index (χ4n) is 0.852. The van der Waals surface area contributed by atoms with E-state index in [-0.39, 0.29) is 11.6 Å². The Kier molecular flexibility index (Phi) is 2.97. The first kappa shape index (κ1) is 9.67. The van der Waals surface area contributed by atoms with Gasteiger partial charge in [0.1, 0.15) is 5.69 Å². The maximum atomic E-state index is 10.7. The van der Waals surface area contributed by atoms with Crippen molar-refractivity contribution < 1.29 is 4.79 Å². The van der Waals surface area contributed by atoms with E-state index in [9.17, 15) is 9.70 Å². The van der Waals surface area contributed by atoms with Crippen LogP contribution in [0.5, 0.6) is 0 Å². The Morgan fingerprint density at radius 3 is 2.69 bits per heavy atom. The molecule has 0 heterocycles. The molecular weight excluding hydrogens is 192 g/mol. The number of halogens is 1. The van der Waals surface area contributed by atoms with E-state index in [0.29, 0.717) is 10.7 Å². The molecule has 1 rings (SSSR count). The van der Waals surface area contributed by atoms with Crippen molar-refractivity contribution in [2.24, 2.45) is 5.18 Å². The molecular formula is C8H7ClN2O2. The van der Waals surface area contributed by atoms with Gasteiger partial charge in [0.2, 0.25) is 5.91 Å². The van der Waals surface area contributed by atoms with Crippen molar-refractivity contribution in [1.29, 1.82) is 0 Å². The monoisotopic (exact) mass is 198 g/mol. The fraction of sp³-hybridized carbons (Fsp3) is 0.125. The summed E-state index contributed by atoms with van der Waals surface area (Å²) in [5.74, 6) is -0.214. The van der Waals surface area contributed by atoms with Crippen LogP contribution in [0.1, 0.15) is 6.92 Å². The summed E-state index contributed by atoms with van der Waals surface area (Å²) in [6.07, 6.45) is 0. The topological polar surface area (TPSA) is 58.5 Å². The Morgan fingerprint density at radius 2 is 2.23 bits per heavy atom. The van der Waals surface area contributed by atoms with Crippen LogP contribution in [0, 0.1) is 4.91 Å². The van der Waals surface area contributed by atoms with Crippen molar-refractivity contribution in [3.8, 4) is 0 Å². The summed E-state index contributed by atoms with van der Waals surface area (Å²) in [5.41, 5.74) is 0.709. The number of nitrogens with one attached hydrogen (secondary N) is 1. The SMILES string of the molecule is CC(=O)Nc1ccc(N=O)cc1Cl. The third kappa shape index (κ3) is 2.52. The summed E-state index contributed by atoms with van der Waals surface area (Å²) in [6.45, 7) is 1.38. The fourth-order valence-corrected chi connectivity index (χ4v) is 1.07. The predicted molar refractivity (Wildman–Crippen MR) is 51.2 cm³/mol. The Hall–Kier alpha value is -1.42. The van der Waals surface area contributed by atoms with Crippen LogP contribution in [-0.2, 0) is 4.79 Å². The number of carbonyl (C=O) groups is 1. The minimum atomic E-state index is -0.214. The lowest BCUT2D eigenvalue weighted by molar-refractivity contribution is -0.114. The molecule has 0 radical (unpaired) electrons. The van der Waals surface area contributed by atoms with Crippen LogP contribution in [0.25, 0.3) is 0 Å². The standard InChI is InChI=1S/C8H7ClN2O2/c1-5(12)10-8-3-2-6(11-13)4-7(8)9/h2-4H,1H3,(H,10,12). The normalized spacial score (nSPS) is 9.38. The van der Waals surface area contributed by atoms with E-state index in [4.69, 9.17) is 11.6 Å². The highest BCUT2D eigenvalue weighted by Crippen LogP contribution is 2.26. The number of nitrogens with zero attached hydrogens (tertiary/aromatic N) is 1. The van der Waals surface area contributed by atoms with E-state index in [1.54, 1.807) is 0 Å². The number of amides is 1. The number of nitroso groups, excluding NO2 is 1. The minimum absolute atomic E-state index is 0.214. The Labute approximate surface area is 79.9 Å². The highest BCUT2D eigenvalue weighted by Gasteiger charge is 2.02. The number of anilines is 1. The largest absolute Gasteiger partial charge is 0.325 e. The van der Waals surface area contributed by atoms with Crippen molar-refractivity contribution in [3.05, 3.63) is 28.1 Å². The number of hydrogen-bond donors (Lipinski definition) is 1. The lowest BCUT2D eigenvalue weighted by atomic mass is 10.3. The van der Waals surface area contributed by atoms with Crippen LogP contribution < -0.4 is 5.32 Å². The molecule has 68 valence electrons. The average molecular weight is 199 g/mol. The molecule has 0 saturated heterocycles. The molecule has 1 aromatic rings. The molecule has 5 heteroatoms. The highest BCUT2D eigenvalue weighted by atomic mass is 35.5. The molecule has 0 fully saturated rings. The second-order valence-electron chi connectivity index (χ2n) is 2.44. The molecule has 0 spiro atoms. The summed E-state index contributed by atoms with van der Waals surface area (Å²) in [6, 6.07) is 4.39. The quantitative estimate of drug-likeness (QED) is 0.743. The van der Waals surface area contributed by atoms with Crippen molar-refractivity contribution in [2.45, 2.75) is 6.92 Å². The Balaban J connectivity index is 2.98. The van der Waals surface area contributed by atoms with Crippen LogP contribution in [0.2, 0.25) is 5.02 Å². The van der Waals surface area contributed by atoms with Gasteiger partial charge in [-0.25, -0.2) is 0 Å². The molecule has 0 aliphatic rings. The molecule has 1 amide bonds. The lowest BCUT2D eigenvalue weighted by Crippen LogP contribution is -2.05. The Morgan fingerprint density at radius 1 is 1.54 bits per heavy atom. The van der Waals surface area contributed by atoms with E-state index in [2.05, 4.69) is 10.5 Å². The van der Waals surface area contributed by atoms with Gasteiger partial charge in [0.25, 0.3) is 0 Å². The molecule has 0 unspecified atom stereocenters. The van der Waals surface area contributed by atoms with Gasteiger partial charge in [-0.1, -0.05) is 11.6 Å². The summed E-state index contributed by atoms with van der Waals surface area (Å²) >= 11 is 5.74. The third-order valence-electron chi connectivity index (χ3n) is 1.37. The van der Waals surface area contributed by atoms with E-state index in [1.165, 1.54) is 25.1 Å². The molecule has 0 saturated carbocycles. The number of hydrogen-bond acceptors (Lipinski definition) is 3. The molecule has 0 atom stereocenters. The minimum Gasteiger partial charge on any atom is -0.325 e. The second kappa shape index (κ2) is 4.00. The Bertz CT molecular complexity index is 352. The van der Waals surface area contributed by atoms with Gasteiger partial charge in [0, 0.05) is 6.92 Å². The van der Waals surface area contributed by atoms with Gasteiger partial charge in [-0.05, 0) is 23.4 Å². The summed E-state index contributed by atoms with van der Waals surface area (Å²) < 4.78 is 0. The number of carbonyl (C=O) groups excluding carboxylic acids is 1. The molecule has 1 aromatic carbocycles. The number of benzene rings is 1. The van der Waals surface area contributed by atoms with Gasteiger partial charge in [-0.15, -0.1) is 4.91 Å². The van der Waals surface area contributed by atoms with Crippen molar-refractivity contribution >= 4 is 28.9 Å². The van der Waals surface area contributed by atoms with Gasteiger partial charge < -0.3 is 5.32 Å². The maximum Gasteiger partial charge on any atom is 0.221 e. The number of rotatable bonds is 2. The highest BCUT2D eigenvalue weighted by molar-refractivity contribution is 6.33. The molecule has 1 N–H and O–H groups in total. The first-order valence-electron chi connectivity index (χ1n) is 3.54. The smallest absolute Gasteiger partial charge is 0.221 e. The van der Waals surface area contributed by atoms with Crippen molar-refractivity contribution in [3.63, 3.8) is 0 Å². The molecule has 4 nitrogen and oxygen atoms in total. The zero-order chi connectivity index (χ0) is 9.84. The van der Waals surface area contributed by atoms with Crippen LogP contribution in [-0.4, -0.2) is 5.91 Å². The predicted octanol–water partition coefficient (Wildman–Crippen LogP) is 2.70. The lowest BCUT2D eigenvalue weighted by Gasteiger charge is -2.03. The zero-order valence-electron chi connectivity index (χ0n) is 6.87. The van der Waals surface area contributed by atoms with Crippen molar-refractivity contribution in [1.82, 2.24) is 0 Å². The van der Waals surface area contributed by atoms with E-state index in [1.807, 2.05) is 0 Å². The first-order valence-corrected chi connectivity index (χ1v) is 3.92. The van der Waals surface area contributed by atoms with Gasteiger partial charge in [0.05, 0.1) is 10.7 Å². The van der Waals surface area contributed by atoms with E-state index < -0.39 is 0 Å². The molecule has 0 aliphatic heterocycles. The van der Waals surface area contributed by atoms with Crippen molar-refractivity contribution in [2.75, 3.05) is 5.32 Å². The van der Waals surface area contributed by atoms with Gasteiger partial charge >= 0.3 is 0 Å². The summed E-state index contributed by atoms with van der Waals surface area (Å²) in [5, 5.41) is 5.51. The van der Waals surface area contributed by atoms with Crippen LogP contribution >= 0.6 is 11.6 Å². The molecule has 0 aromatic heterocycles. The second-order valence-corrected chi connectivity index (χ2v) is 2.84. The average Bonchev–Trinajstić information content (AvgIpc) is 2.08. The summed E-state index contributed by atoms with van der Waals surface area (Å²) in [7, 11) is 0. The van der Waals surface area contributed by atoms with Gasteiger partial charge in [0.15, 0.2) is 0 Å². The molecule has 13 heavy (non-hydrogen) atoms. The molecule has 0 bridgehead atoms. The molecule has 0 aliphatic carbocycles. The zero-order valence-corrected chi connectivity index (χ0v) is 7.63.